The molecule has 23 heavy (non-hydrogen) atoms. The summed E-state index contributed by atoms with van der Waals surface area (Å²) >= 11 is 0. The number of benzene rings is 2. The second-order valence-electron chi connectivity index (χ2n) is 5.42. The molecule has 0 bridgehead atoms. The van der Waals surface area contributed by atoms with Crippen molar-refractivity contribution in [3.05, 3.63) is 59.7 Å². The number of amides is 1. The molecule has 1 N–H and O–H groups in total. The van der Waals surface area contributed by atoms with Gasteiger partial charge in [-0.1, -0.05) is 24.3 Å². The highest BCUT2D eigenvalue weighted by Crippen LogP contribution is 2.35. The molecule has 1 amide bonds. The van der Waals surface area contributed by atoms with Crippen LogP contribution in [0.4, 0.5) is 0 Å². The number of hydrogen-bond donors (Lipinski definition) is 1. The molecule has 5 heteroatoms. The molecule has 0 saturated carbocycles. The van der Waals surface area contributed by atoms with Gasteiger partial charge in [0.1, 0.15) is 11.5 Å². The molecule has 3 rings (SSSR count). The van der Waals surface area contributed by atoms with Crippen LogP contribution >= 0.6 is 0 Å². The van der Waals surface area contributed by atoms with Gasteiger partial charge in [-0.25, -0.2) is 5.01 Å². The first-order valence-corrected chi connectivity index (χ1v) is 7.39. The van der Waals surface area contributed by atoms with Gasteiger partial charge in [-0.05, 0) is 29.8 Å². The zero-order valence-electron chi connectivity index (χ0n) is 13.1. The highest BCUT2D eigenvalue weighted by Gasteiger charge is 2.32. The van der Waals surface area contributed by atoms with E-state index in [-0.39, 0.29) is 17.7 Å². The Balaban J connectivity index is 1.97. The van der Waals surface area contributed by atoms with Gasteiger partial charge in [0.05, 0.1) is 18.9 Å². The summed E-state index contributed by atoms with van der Waals surface area (Å²) in [4.78, 5) is 12.0. The SMILES string of the molecule is COc1cccc([C@H]2CC(c3ccccc3O)=NN2C(C)=O)c1. The zero-order valence-corrected chi connectivity index (χ0v) is 13.1. The van der Waals surface area contributed by atoms with E-state index in [0.29, 0.717) is 17.7 Å². The third kappa shape index (κ3) is 2.90. The number of phenolic OH excluding ortho intramolecular Hbond substituents is 1. The van der Waals surface area contributed by atoms with Crippen LogP contribution in [0.15, 0.2) is 53.6 Å². The van der Waals surface area contributed by atoms with Crippen molar-refractivity contribution >= 4 is 11.6 Å². The number of rotatable bonds is 3. The maximum absolute atomic E-state index is 12.0. The third-order valence-corrected chi connectivity index (χ3v) is 3.93. The fourth-order valence-electron chi connectivity index (χ4n) is 2.79. The molecule has 0 saturated heterocycles. The Morgan fingerprint density at radius 2 is 2.04 bits per heavy atom. The molecule has 1 aliphatic heterocycles. The largest absolute Gasteiger partial charge is 0.507 e. The van der Waals surface area contributed by atoms with Crippen molar-refractivity contribution < 1.29 is 14.6 Å². The summed E-state index contributed by atoms with van der Waals surface area (Å²) in [6.45, 7) is 1.49. The number of phenols is 1. The lowest BCUT2D eigenvalue weighted by molar-refractivity contribution is -0.130. The van der Waals surface area contributed by atoms with Crippen LogP contribution in [0.1, 0.15) is 30.5 Å². The lowest BCUT2D eigenvalue weighted by Crippen LogP contribution is -2.24. The molecule has 2 aromatic carbocycles. The first-order valence-electron chi connectivity index (χ1n) is 7.39. The summed E-state index contributed by atoms with van der Waals surface area (Å²) < 4.78 is 5.26. The number of hydrogen-bond acceptors (Lipinski definition) is 4. The van der Waals surface area contributed by atoms with Crippen LogP contribution in [0.25, 0.3) is 0 Å². The standard InChI is InChI=1S/C18H18N2O3/c1-12(21)20-17(13-6-5-7-14(10-13)23-2)11-16(19-20)15-8-3-4-9-18(15)22/h3-10,17,22H,11H2,1-2H3/t17-/m1/s1. The minimum Gasteiger partial charge on any atom is -0.507 e. The molecule has 2 aromatic rings. The summed E-state index contributed by atoms with van der Waals surface area (Å²) in [7, 11) is 1.61. The van der Waals surface area contributed by atoms with E-state index in [9.17, 15) is 9.90 Å². The number of hydrazone groups is 1. The van der Waals surface area contributed by atoms with Crippen molar-refractivity contribution in [2.45, 2.75) is 19.4 Å². The average molecular weight is 310 g/mol. The molecule has 0 spiro atoms. The van der Waals surface area contributed by atoms with Crippen molar-refractivity contribution in [2.75, 3.05) is 7.11 Å². The van der Waals surface area contributed by atoms with Gasteiger partial charge in [0.2, 0.25) is 5.91 Å². The normalized spacial score (nSPS) is 17.0. The van der Waals surface area contributed by atoms with Crippen molar-refractivity contribution in [1.29, 1.82) is 0 Å². The van der Waals surface area contributed by atoms with E-state index >= 15 is 0 Å². The molecule has 0 aromatic heterocycles. The minimum absolute atomic E-state index is 0.136. The summed E-state index contributed by atoms with van der Waals surface area (Å²) in [5, 5.41) is 15.9. The van der Waals surface area contributed by atoms with Gasteiger partial charge < -0.3 is 9.84 Å². The maximum Gasteiger partial charge on any atom is 0.240 e. The lowest BCUT2D eigenvalue weighted by atomic mass is 9.98. The van der Waals surface area contributed by atoms with Gasteiger partial charge in [-0.3, -0.25) is 4.79 Å². The molecule has 1 heterocycles. The smallest absolute Gasteiger partial charge is 0.240 e. The summed E-state index contributed by atoms with van der Waals surface area (Å²) in [5.74, 6) is 0.770. The second-order valence-corrected chi connectivity index (χ2v) is 5.42. The van der Waals surface area contributed by atoms with E-state index in [4.69, 9.17) is 4.74 Å². The Morgan fingerprint density at radius 3 is 2.74 bits per heavy atom. The predicted molar refractivity (Wildman–Crippen MR) is 87.5 cm³/mol. The Kier molecular flexibility index (Phi) is 4.02. The zero-order chi connectivity index (χ0) is 16.4. The van der Waals surface area contributed by atoms with Crippen LogP contribution in [0, 0.1) is 0 Å². The van der Waals surface area contributed by atoms with Crippen molar-refractivity contribution in [1.82, 2.24) is 5.01 Å². The predicted octanol–water partition coefficient (Wildman–Crippen LogP) is 3.10. The first-order chi connectivity index (χ1) is 11.1. The van der Waals surface area contributed by atoms with Crippen molar-refractivity contribution in [3.63, 3.8) is 0 Å². The Bertz CT molecular complexity index is 770. The summed E-state index contributed by atoms with van der Waals surface area (Å²) in [6.07, 6.45) is 0.546. The van der Waals surface area contributed by atoms with E-state index in [1.54, 1.807) is 25.3 Å². The van der Waals surface area contributed by atoms with Gasteiger partial charge in [0.25, 0.3) is 0 Å². The van der Waals surface area contributed by atoms with E-state index < -0.39 is 0 Å². The molecule has 1 atom stereocenters. The van der Waals surface area contributed by atoms with Crippen LogP contribution in [0.5, 0.6) is 11.5 Å². The topological polar surface area (TPSA) is 62.1 Å². The molecule has 0 unspecified atom stereocenters. The Hall–Kier alpha value is -2.82. The monoisotopic (exact) mass is 310 g/mol. The first kappa shape index (κ1) is 15.1. The van der Waals surface area contributed by atoms with Gasteiger partial charge in [-0.15, -0.1) is 0 Å². The number of carbonyl (C=O) groups excluding carboxylic acids is 1. The molecule has 1 aliphatic rings. The lowest BCUT2D eigenvalue weighted by Gasteiger charge is -2.20. The maximum atomic E-state index is 12.0. The van der Waals surface area contributed by atoms with Crippen LogP contribution in [0.3, 0.4) is 0 Å². The molecular weight excluding hydrogens is 292 g/mol. The quantitative estimate of drug-likeness (QED) is 0.947. The minimum atomic E-state index is -0.197. The fraction of sp³-hybridized carbons (Fsp3) is 0.222. The highest BCUT2D eigenvalue weighted by molar-refractivity contribution is 6.05. The van der Waals surface area contributed by atoms with Gasteiger partial charge >= 0.3 is 0 Å². The number of aromatic hydroxyl groups is 1. The molecule has 0 radical (unpaired) electrons. The van der Waals surface area contributed by atoms with E-state index in [0.717, 1.165) is 11.3 Å². The molecular formula is C18H18N2O3. The van der Waals surface area contributed by atoms with Crippen molar-refractivity contribution in [2.24, 2.45) is 5.10 Å². The van der Waals surface area contributed by atoms with Crippen LogP contribution in [-0.4, -0.2) is 28.8 Å². The number of methoxy groups -OCH3 is 1. The van der Waals surface area contributed by atoms with Gasteiger partial charge in [-0.2, -0.15) is 5.10 Å². The molecule has 0 fully saturated rings. The van der Waals surface area contributed by atoms with Crippen LogP contribution in [0.2, 0.25) is 0 Å². The molecule has 0 aliphatic carbocycles. The number of para-hydroxylation sites is 1. The van der Waals surface area contributed by atoms with Gasteiger partial charge in [0, 0.05) is 18.9 Å². The third-order valence-electron chi connectivity index (χ3n) is 3.93. The van der Waals surface area contributed by atoms with E-state index in [1.807, 2.05) is 30.3 Å². The second kappa shape index (κ2) is 6.12. The Labute approximate surface area is 134 Å². The van der Waals surface area contributed by atoms with Gasteiger partial charge in [0.15, 0.2) is 0 Å². The fourth-order valence-corrected chi connectivity index (χ4v) is 2.79. The van der Waals surface area contributed by atoms with E-state index in [1.165, 1.54) is 11.9 Å². The van der Waals surface area contributed by atoms with Crippen molar-refractivity contribution in [3.8, 4) is 11.5 Å². The summed E-state index contributed by atoms with van der Waals surface area (Å²) in [6, 6.07) is 14.4. The van der Waals surface area contributed by atoms with Crippen LogP contribution < -0.4 is 4.74 Å². The average Bonchev–Trinajstić information content (AvgIpc) is 3.01. The molecule has 5 nitrogen and oxygen atoms in total. The van der Waals surface area contributed by atoms with Crippen LogP contribution in [-0.2, 0) is 4.79 Å². The number of ether oxygens (including phenoxy) is 1. The molecule has 118 valence electrons. The van der Waals surface area contributed by atoms with E-state index in [2.05, 4.69) is 5.10 Å². The number of carbonyl (C=O) groups is 1. The summed E-state index contributed by atoms with van der Waals surface area (Å²) in [5.41, 5.74) is 2.31. The number of nitrogens with zero attached hydrogens (tertiary/aromatic N) is 2. The highest BCUT2D eigenvalue weighted by atomic mass is 16.5. The Morgan fingerprint density at radius 1 is 1.26 bits per heavy atom.